The van der Waals surface area contributed by atoms with Crippen molar-refractivity contribution in [3.05, 3.63) is 40.3 Å². The molecular formula is C26H38N4O6S. The summed E-state index contributed by atoms with van der Waals surface area (Å²) in [5, 5.41) is 4.30. The van der Waals surface area contributed by atoms with Crippen molar-refractivity contribution in [2.24, 2.45) is 0 Å². The van der Waals surface area contributed by atoms with Gasteiger partial charge in [-0.2, -0.15) is 4.31 Å². The molecule has 4 rings (SSSR count). The molecule has 1 aromatic carbocycles. The van der Waals surface area contributed by atoms with Crippen molar-refractivity contribution in [3.63, 3.8) is 0 Å². The number of hydrogen-bond acceptors (Lipinski definition) is 8. The fraction of sp³-hybridized carbons (Fsp3) is 0.615. The molecule has 0 aliphatic carbocycles. The van der Waals surface area contributed by atoms with Crippen LogP contribution in [0.3, 0.4) is 0 Å². The molecule has 11 heteroatoms. The minimum atomic E-state index is -3.71. The fourth-order valence-electron chi connectivity index (χ4n) is 5.09. The van der Waals surface area contributed by atoms with E-state index in [1.807, 2.05) is 0 Å². The van der Waals surface area contributed by atoms with Crippen LogP contribution in [-0.4, -0.2) is 87.1 Å². The fourth-order valence-corrected chi connectivity index (χ4v) is 6.64. The van der Waals surface area contributed by atoms with Gasteiger partial charge in [-0.05, 0) is 63.0 Å². The van der Waals surface area contributed by atoms with E-state index in [-0.39, 0.29) is 30.6 Å². The molecule has 3 heterocycles. The average molecular weight is 535 g/mol. The normalized spacial score (nSPS) is 16.7. The second-order valence-corrected chi connectivity index (χ2v) is 11.9. The lowest BCUT2D eigenvalue weighted by atomic mass is 10.0. The Bertz CT molecular complexity index is 1180. The van der Waals surface area contributed by atoms with Crippen molar-refractivity contribution in [3.8, 4) is 5.75 Å². The van der Waals surface area contributed by atoms with E-state index < -0.39 is 10.0 Å². The summed E-state index contributed by atoms with van der Waals surface area (Å²) >= 11 is 0. The van der Waals surface area contributed by atoms with Gasteiger partial charge in [-0.25, -0.2) is 8.42 Å². The number of hydrogen-bond donors (Lipinski definition) is 0. The molecule has 1 aromatic heterocycles. The van der Waals surface area contributed by atoms with E-state index in [1.165, 1.54) is 30.6 Å². The third-order valence-electron chi connectivity index (χ3n) is 7.20. The second-order valence-electron chi connectivity index (χ2n) is 9.90. The Labute approximate surface area is 219 Å². The molecule has 2 aliphatic rings. The first-order valence-electron chi connectivity index (χ1n) is 12.9. The van der Waals surface area contributed by atoms with Crippen molar-refractivity contribution in [2.75, 3.05) is 53.6 Å². The van der Waals surface area contributed by atoms with Crippen molar-refractivity contribution >= 4 is 15.9 Å². The molecule has 37 heavy (non-hydrogen) atoms. The first kappa shape index (κ1) is 27.6. The number of piperidine rings is 1. The van der Waals surface area contributed by atoms with Crippen LogP contribution in [0.5, 0.6) is 5.75 Å². The molecule has 2 aliphatic heterocycles. The molecule has 0 bridgehead atoms. The standard InChI is InChI=1S/C26H38N4O6S/c1-19-14-21(34-4)15-20(2)26(19)37(32,33)28(3)12-13-35-18-25(31)30-11-8-24-22(16-30)23(27-36-24)17-29-9-6-5-7-10-29/h14-15H,5-13,16-18H2,1-4H3. The summed E-state index contributed by atoms with van der Waals surface area (Å²) in [6.07, 6.45) is 4.32. The molecule has 0 unspecified atom stereocenters. The summed E-state index contributed by atoms with van der Waals surface area (Å²) in [6.45, 7) is 7.57. The number of rotatable bonds is 10. The van der Waals surface area contributed by atoms with Gasteiger partial charge in [0.25, 0.3) is 0 Å². The molecule has 1 saturated heterocycles. The number of sulfonamides is 1. The summed E-state index contributed by atoms with van der Waals surface area (Å²) in [5.74, 6) is 1.36. The van der Waals surface area contributed by atoms with Gasteiger partial charge in [-0.3, -0.25) is 9.69 Å². The van der Waals surface area contributed by atoms with Crippen LogP contribution < -0.4 is 4.74 Å². The zero-order chi connectivity index (χ0) is 26.6. The molecule has 1 amide bonds. The number of carbonyl (C=O) groups excluding carboxylic acids is 1. The van der Waals surface area contributed by atoms with E-state index >= 15 is 0 Å². The Balaban J connectivity index is 1.27. The average Bonchev–Trinajstić information content (AvgIpc) is 3.28. The zero-order valence-electron chi connectivity index (χ0n) is 22.3. The number of aromatic nitrogens is 1. The quantitative estimate of drug-likeness (QED) is 0.428. The lowest BCUT2D eigenvalue weighted by molar-refractivity contribution is -0.137. The molecule has 0 N–H and O–H groups in total. The number of carbonyl (C=O) groups is 1. The van der Waals surface area contributed by atoms with Crippen LogP contribution in [0.1, 0.15) is 47.4 Å². The van der Waals surface area contributed by atoms with E-state index in [0.717, 1.165) is 36.7 Å². The summed E-state index contributed by atoms with van der Waals surface area (Å²) in [7, 11) is -0.638. The summed E-state index contributed by atoms with van der Waals surface area (Å²) in [6, 6.07) is 3.42. The summed E-state index contributed by atoms with van der Waals surface area (Å²) in [4.78, 5) is 17.3. The highest BCUT2D eigenvalue weighted by Crippen LogP contribution is 2.28. The van der Waals surface area contributed by atoms with Crippen molar-refractivity contribution < 1.29 is 27.2 Å². The van der Waals surface area contributed by atoms with Gasteiger partial charge in [0.1, 0.15) is 23.8 Å². The maximum Gasteiger partial charge on any atom is 0.248 e. The molecule has 0 atom stereocenters. The van der Waals surface area contributed by atoms with Gasteiger partial charge in [0, 0.05) is 38.7 Å². The Morgan fingerprint density at radius 1 is 1.14 bits per heavy atom. The predicted octanol–water partition coefficient (Wildman–Crippen LogP) is 2.51. The minimum Gasteiger partial charge on any atom is -0.497 e. The number of amides is 1. The number of nitrogens with zero attached hydrogens (tertiary/aromatic N) is 4. The van der Waals surface area contributed by atoms with Gasteiger partial charge in [0.2, 0.25) is 15.9 Å². The molecule has 0 saturated carbocycles. The molecule has 10 nitrogen and oxygen atoms in total. The van der Waals surface area contributed by atoms with Crippen LogP contribution in [0.25, 0.3) is 0 Å². The van der Waals surface area contributed by atoms with E-state index in [2.05, 4.69) is 10.1 Å². The molecule has 2 aromatic rings. The smallest absolute Gasteiger partial charge is 0.248 e. The zero-order valence-corrected chi connectivity index (χ0v) is 23.1. The van der Waals surface area contributed by atoms with Crippen LogP contribution in [0.2, 0.25) is 0 Å². The minimum absolute atomic E-state index is 0.101. The van der Waals surface area contributed by atoms with Gasteiger partial charge in [0.05, 0.1) is 25.2 Å². The van der Waals surface area contributed by atoms with E-state index in [0.29, 0.717) is 36.4 Å². The van der Waals surface area contributed by atoms with Crippen LogP contribution in [0.4, 0.5) is 0 Å². The Kier molecular flexibility index (Phi) is 8.89. The first-order valence-corrected chi connectivity index (χ1v) is 14.3. The van der Waals surface area contributed by atoms with E-state index in [4.69, 9.17) is 14.0 Å². The predicted molar refractivity (Wildman–Crippen MR) is 138 cm³/mol. The third kappa shape index (κ3) is 6.34. The molecule has 0 spiro atoms. The van der Waals surface area contributed by atoms with Gasteiger partial charge < -0.3 is 18.9 Å². The lowest BCUT2D eigenvalue weighted by Crippen LogP contribution is -2.39. The number of benzene rings is 1. The number of methoxy groups -OCH3 is 1. The summed E-state index contributed by atoms with van der Waals surface area (Å²) in [5.41, 5.74) is 3.18. The largest absolute Gasteiger partial charge is 0.497 e. The number of likely N-dealkylation sites (N-methyl/N-ethyl adjacent to an activating group) is 1. The summed E-state index contributed by atoms with van der Waals surface area (Å²) < 4.78 is 44.0. The highest BCUT2D eigenvalue weighted by atomic mass is 32.2. The van der Waals surface area contributed by atoms with Gasteiger partial charge in [0.15, 0.2) is 0 Å². The van der Waals surface area contributed by atoms with Gasteiger partial charge >= 0.3 is 0 Å². The molecular weight excluding hydrogens is 496 g/mol. The first-order chi connectivity index (χ1) is 17.7. The monoisotopic (exact) mass is 534 g/mol. The van der Waals surface area contributed by atoms with Crippen LogP contribution >= 0.6 is 0 Å². The SMILES string of the molecule is COc1cc(C)c(S(=O)(=O)N(C)CCOCC(=O)N2CCc3onc(CN4CCCCC4)c3C2)c(C)c1. The Morgan fingerprint density at radius 3 is 2.51 bits per heavy atom. The number of likely N-dealkylation sites (tertiary alicyclic amines) is 1. The topological polar surface area (TPSA) is 105 Å². The van der Waals surface area contributed by atoms with Crippen molar-refractivity contribution in [1.29, 1.82) is 0 Å². The molecule has 1 fully saturated rings. The number of aryl methyl sites for hydroxylation is 2. The Hall–Kier alpha value is -2.47. The molecule has 204 valence electrons. The highest BCUT2D eigenvalue weighted by Gasteiger charge is 2.29. The Morgan fingerprint density at radius 2 is 1.84 bits per heavy atom. The van der Waals surface area contributed by atoms with E-state index in [1.54, 1.807) is 38.0 Å². The van der Waals surface area contributed by atoms with Crippen LogP contribution in [0, 0.1) is 13.8 Å². The maximum atomic E-state index is 13.2. The van der Waals surface area contributed by atoms with Crippen LogP contribution in [0.15, 0.2) is 21.6 Å². The van der Waals surface area contributed by atoms with E-state index in [9.17, 15) is 13.2 Å². The van der Waals surface area contributed by atoms with Crippen molar-refractivity contribution in [1.82, 2.24) is 19.3 Å². The number of fused-ring (bicyclic) bond motifs is 1. The number of ether oxygens (including phenoxy) is 2. The second kappa shape index (κ2) is 11.9. The van der Waals surface area contributed by atoms with Crippen LogP contribution in [-0.2, 0) is 39.1 Å². The van der Waals surface area contributed by atoms with Gasteiger partial charge in [-0.15, -0.1) is 0 Å². The highest BCUT2D eigenvalue weighted by molar-refractivity contribution is 7.89. The lowest BCUT2D eigenvalue weighted by Gasteiger charge is -2.28. The van der Waals surface area contributed by atoms with Crippen molar-refractivity contribution in [2.45, 2.75) is 57.5 Å². The molecule has 0 radical (unpaired) electrons. The van der Waals surface area contributed by atoms with Gasteiger partial charge in [-0.1, -0.05) is 11.6 Å². The maximum absolute atomic E-state index is 13.2. The third-order valence-corrected chi connectivity index (χ3v) is 9.36.